The zero-order valence-corrected chi connectivity index (χ0v) is 22.5. The van der Waals surface area contributed by atoms with Crippen molar-refractivity contribution in [1.29, 1.82) is 0 Å². The quantitative estimate of drug-likeness (QED) is 0.384. The van der Waals surface area contributed by atoms with Crippen molar-refractivity contribution < 1.29 is 9.59 Å². The van der Waals surface area contributed by atoms with Crippen LogP contribution in [0.15, 0.2) is 100 Å². The maximum absolute atomic E-state index is 13.8. The third kappa shape index (κ3) is 5.51. The van der Waals surface area contributed by atoms with Gasteiger partial charge in [-0.3, -0.25) is 14.6 Å². The number of para-hydroxylation sites is 1. The molecule has 1 aromatic heterocycles. The molecule has 9 heteroatoms. The van der Waals surface area contributed by atoms with Gasteiger partial charge in [0.1, 0.15) is 0 Å². The van der Waals surface area contributed by atoms with Gasteiger partial charge in [0.05, 0.1) is 23.7 Å². The van der Waals surface area contributed by atoms with E-state index < -0.39 is 6.04 Å². The molecule has 0 bridgehead atoms. The van der Waals surface area contributed by atoms with E-state index in [0.717, 1.165) is 33.2 Å². The fraction of sp³-hybridized carbons (Fsp3) is 0.172. The highest BCUT2D eigenvalue weighted by Crippen LogP contribution is 2.45. The van der Waals surface area contributed by atoms with Crippen LogP contribution in [0.5, 0.6) is 0 Å². The van der Waals surface area contributed by atoms with E-state index in [9.17, 15) is 9.59 Å². The Kier molecular flexibility index (Phi) is 7.62. The number of carbonyl (C=O) groups excluding carboxylic acids is 2. The first-order valence-corrected chi connectivity index (χ1v) is 13.4. The highest BCUT2D eigenvalue weighted by atomic mass is 35.5. The molecule has 2 aliphatic rings. The predicted molar refractivity (Wildman–Crippen MR) is 152 cm³/mol. The molecule has 0 saturated carbocycles. The molecule has 0 fully saturated rings. The number of amidine groups is 1. The number of halogens is 1. The minimum Gasteiger partial charge on any atom is -0.352 e. The van der Waals surface area contributed by atoms with Crippen molar-refractivity contribution in [3.63, 3.8) is 0 Å². The van der Waals surface area contributed by atoms with Gasteiger partial charge in [0.15, 0.2) is 5.17 Å². The monoisotopic (exact) mass is 543 g/mol. The zero-order valence-electron chi connectivity index (χ0n) is 20.9. The summed E-state index contributed by atoms with van der Waals surface area (Å²) in [7, 11) is 0. The Morgan fingerprint density at radius 3 is 2.58 bits per heavy atom. The van der Waals surface area contributed by atoms with Gasteiger partial charge in [0, 0.05) is 35.3 Å². The van der Waals surface area contributed by atoms with E-state index >= 15 is 0 Å². The summed E-state index contributed by atoms with van der Waals surface area (Å²) in [5.74, 6) is -0.370. The van der Waals surface area contributed by atoms with E-state index in [-0.39, 0.29) is 18.2 Å². The minimum atomic E-state index is -0.476. The standard InChI is InChI=1S/C29H26ClN5O2S/c1-18-6-3-4-8-24(18)34-28(37)26-19(2)33-29-35(27(26)21-9-11-22(30)12-10-21)23(17-38-29)14-25(36)32-16-20-7-5-13-31-15-20/h3-13,15,17,27H,14,16H2,1-2H3,(H,32,36)(H,34,37). The predicted octanol–water partition coefficient (Wildman–Crippen LogP) is 5.96. The molecule has 2 aliphatic heterocycles. The van der Waals surface area contributed by atoms with E-state index in [4.69, 9.17) is 16.6 Å². The van der Waals surface area contributed by atoms with E-state index in [2.05, 4.69) is 15.6 Å². The molecule has 192 valence electrons. The lowest BCUT2D eigenvalue weighted by molar-refractivity contribution is -0.120. The number of aryl methyl sites for hydroxylation is 1. The molecule has 3 aromatic rings. The second kappa shape index (κ2) is 11.2. The fourth-order valence-electron chi connectivity index (χ4n) is 4.45. The van der Waals surface area contributed by atoms with E-state index in [0.29, 0.717) is 22.8 Å². The van der Waals surface area contributed by atoms with Gasteiger partial charge in [-0.1, -0.05) is 59.8 Å². The van der Waals surface area contributed by atoms with Crippen LogP contribution in [0.4, 0.5) is 5.69 Å². The molecule has 2 amide bonds. The molecular weight excluding hydrogens is 518 g/mol. The zero-order chi connectivity index (χ0) is 26.6. The number of anilines is 1. The van der Waals surface area contributed by atoms with Gasteiger partial charge in [-0.15, -0.1) is 0 Å². The maximum Gasteiger partial charge on any atom is 0.255 e. The van der Waals surface area contributed by atoms with Crippen LogP contribution in [-0.2, 0) is 16.1 Å². The molecular formula is C29H26ClN5O2S. The summed E-state index contributed by atoms with van der Waals surface area (Å²) in [6.07, 6.45) is 3.56. The lowest BCUT2D eigenvalue weighted by Gasteiger charge is -2.36. The summed E-state index contributed by atoms with van der Waals surface area (Å²) >= 11 is 7.64. The Balaban J connectivity index is 1.44. The Morgan fingerprint density at radius 2 is 1.84 bits per heavy atom. The third-order valence-corrected chi connectivity index (χ3v) is 7.52. The van der Waals surface area contributed by atoms with Crippen LogP contribution in [0.3, 0.4) is 0 Å². The Morgan fingerprint density at radius 1 is 1.05 bits per heavy atom. The number of amides is 2. The lowest BCUT2D eigenvalue weighted by Crippen LogP contribution is -2.38. The minimum absolute atomic E-state index is 0.131. The first kappa shape index (κ1) is 25.8. The summed E-state index contributed by atoms with van der Waals surface area (Å²) in [4.78, 5) is 37.5. The number of hydrogen-bond donors (Lipinski definition) is 2. The highest BCUT2D eigenvalue weighted by molar-refractivity contribution is 8.16. The summed E-state index contributed by atoms with van der Waals surface area (Å²) in [5.41, 5.74) is 5.41. The SMILES string of the molecule is CC1=C(C(=O)Nc2ccccc2C)C(c2ccc(Cl)cc2)N2C(CC(=O)NCc3cccnc3)=CSC2=N1. The van der Waals surface area contributed by atoms with Crippen LogP contribution in [0.1, 0.15) is 36.1 Å². The van der Waals surface area contributed by atoms with Crippen LogP contribution in [0.2, 0.25) is 5.02 Å². The van der Waals surface area contributed by atoms with E-state index in [1.165, 1.54) is 11.8 Å². The first-order valence-electron chi connectivity index (χ1n) is 12.1. The van der Waals surface area contributed by atoms with Crippen LogP contribution in [0, 0.1) is 6.92 Å². The average molecular weight is 544 g/mol. The molecule has 0 radical (unpaired) electrons. The van der Waals surface area contributed by atoms with Crippen molar-refractivity contribution in [3.05, 3.63) is 117 Å². The fourth-order valence-corrected chi connectivity index (χ4v) is 5.54. The average Bonchev–Trinajstić information content (AvgIpc) is 3.30. The topological polar surface area (TPSA) is 86.7 Å². The first-order chi connectivity index (χ1) is 18.4. The number of fused-ring (bicyclic) bond motifs is 1. The van der Waals surface area contributed by atoms with Gasteiger partial charge in [-0.2, -0.15) is 0 Å². The molecule has 1 atom stereocenters. The van der Waals surface area contributed by atoms with Crippen LogP contribution >= 0.6 is 23.4 Å². The van der Waals surface area contributed by atoms with Crippen LogP contribution in [0.25, 0.3) is 0 Å². The number of hydrogen-bond acceptors (Lipinski definition) is 6. The number of pyridine rings is 1. The number of allylic oxidation sites excluding steroid dienone is 1. The number of nitrogens with one attached hydrogen (secondary N) is 2. The summed E-state index contributed by atoms with van der Waals surface area (Å²) in [6, 6.07) is 18.4. The van der Waals surface area contributed by atoms with Gasteiger partial charge in [0.25, 0.3) is 5.91 Å². The van der Waals surface area contributed by atoms with Crippen LogP contribution in [-0.4, -0.2) is 26.9 Å². The molecule has 2 N–H and O–H groups in total. The Labute approximate surface area is 230 Å². The summed E-state index contributed by atoms with van der Waals surface area (Å²) < 4.78 is 0. The number of benzene rings is 2. The molecule has 0 aliphatic carbocycles. The molecule has 0 spiro atoms. The molecule has 0 saturated heterocycles. The van der Waals surface area contributed by atoms with Gasteiger partial charge < -0.3 is 15.5 Å². The van der Waals surface area contributed by atoms with E-state index in [1.807, 2.05) is 84.8 Å². The summed E-state index contributed by atoms with van der Waals surface area (Å²) in [6.45, 7) is 4.18. The highest BCUT2D eigenvalue weighted by Gasteiger charge is 2.40. The Bertz CT molecular complexity index is 1470. The lowest BCUT2D eigenvalue weighted by atomic mass is 9.93. The van der Waals surface area contributed by atoms with Gasteiger partial charge in [-0.05, 0) is 60.2 Å². The summed E-state index contributed by atoms with van der Waals surface area (Å²) in [5, 5.41) is 9.29. The number of nitrogens with zero attached hydrogens (tertiary/aromatic N) is 3. The van der Waals surface area contributed by atoms with Gasteiger partial charge >= 0.3 is 0 Å². The number of rotatable bonds is 7. The third-order valence-electron chi connectivity index (χ3n) is 6.38. The molecule has 38 heavy (non-hydrogen) atoms. The largest absolute Gasteiger partial charge is 0.352 e. The van der Waals surface area contributed by atoms with E-state index in [1.54, 1.807) is 12.4 Å². The van der Waals surface area contributed by atoms with Gasteiger partial charge in [-0.25, -0.2) is 4.99 Å². The smallest absolute Gasteiger partial charge is 0.255 e. The van der Waals surface area contributed by atoms with Crippen LogP contribution < -0.4 is 10.6 Å². The normalized spacial score (nSPS) is 16.5. The molecule has 1 unspecified atom stereocenters. The molecule has 7 nitrogen and oxygen atoms in total. The maximum atomic E-state index is 13.8. The van der Waals surface area contributed by atoms with Crippen molar-refractivity contribution in [1.82, 2.24) is 15.2 Å². The van der Waals surface area contributed by atoms with Crippen molar-refractivity contribution in [2.45, 2.75) is 32.9 Å². The molecule has 3 heterocycles. The van der Waals surface area contributed by atoms with Crippen molar-refractivity contribution in [2.24, 2.45) is 4.99 Å². The number of carbonyl (C=O) groups is 2. The number of aromatic nitrogens is 1. The van der Waals surface area contributed by atoms with Crippen molar-refractivity contribution >= 4 is 46.0 Å². The Hall–Kier alpha value is -3.88. The van der Waals surface area contributed by atoms with Gasteiger partial charge in [0.2, 0.25) is 5.91 Å². The molecule has 5 rings (SSSR count). The molecule has 2 aromatic carbocycles. The van der Waals surface area contributed by atoms with Crippen molar-refractivity contribution in [3.8, 4) is 0 Å². The second-order valence-electron chi connectivity index (χ2n) is 9.03. The number of thioether (sulfide) groups is 1. The number of aliphatic imine (C=N–C) groups is 1. The second-order valence-corrected chi connectivity index (χ2v) is 10.3. The van der Waals surface area contributed by atoms with Crippen molar-refractivity contribution in [2.75, 3.05) is 5.32 Å².